The van der Waals surface area contributed by atoms with Gasteiger partial charge in [0, 0.05) is 37.3 Å². The lowest BCUT2D eigenvalue weighted by Gasteiger charge is -2.16. The van der Waals surface area contributed by atoms with Crippen LogP contribution in [0.4, 0.5) is 0 Å². The van der Waals surface area contributed by atoms with Crippen LogP contribution in [0.15, 0.2) is 18.7 Å². The molecule has 6 nitrogen and oxygen atoms in total. The van der Waals surface area contributed by atoms with Crippen LogP contribution in [0, 0.1) is 0 Å². The lowest BCUT2D eigenvalue weighted by molar-refractivity contribution is 0.478. The molecule has 0 fully saturated rings. The normalized spacial score (nSPS) is 13.2. The number of likely N-dealkylation sites (N-methyl/N-ethyl adjacent to an activating group) is 1. The van der Waals surface area contributed by atoms with Crippen molar-refractivity contribution in [3.63, 3.8) is 0 Å². The summed E-state index contributed by atoms with van der Waals surface area (Å²) in [7, 11) is 3.88. The fourth-order valence-corrected chi connectivity index (χ4v) is 2.04. The van der Waals surface area contributed by atoms with Crippen LogP contribution in [-0.2, 0) is 13.5 Å². The van der Waals surface area contributed by atoms with E-state index in [2.05, 4.69) is 34.3 Å². The lowest BCUT2D eigenvalue weighted by atomic mass is 10.1. The van der Waals surface area contributed by atoms with Crippen molar-refractivity contribution in [1.29, 1.82) is 0 Å². The lowest BCUT2D eigenvalue weighted by Crippen LogP contribution is -2.21. The van der Waals surface area contributed by atoms with Crippen molar-refractivity contribution in [2.75, 3.05) is 7.05 Å². The summed E-state index contributed by atoms with van der Waals surface area (Å²) in [4.78, 5) is 4.34. The van der Waals surface area contributed by atoms with Crippen LogP contribution >= 0.6 is 0 Å². The zero-order valence-electron chi connectivity index (χ0n) is 11.3. The summed E-state index contributed by atoms with van der Waals surface area (Å²) in [5.74, 6) is 0.994. The van der Waals surface area contributed by atoms with Crippen LogP contribution in [0.3, 0.4) is 0 Å². The monoisotopic (exact) mass is 248 g/mol. The fourth-order valence-electron chi connectivity index (χ4n) is 2.04. The summed E-state index contributed by atoms with van der Waals surface area (Å²) in [6, 6.07) is 0.536. The highest BCUT2D eigenvalue weighted by Gasteiger charge is 2.16. The van der Waals surface area contributed by atoms with E-state index in [0.717, 1.165) is 12.2 Å². The number of aromatic nitrogens is 5. The zero-order valence-corrected chi connectivity index (χ0v) is 11.3. The van der Waals surface area contributed by atoms with Gasteiger partial charge >= 0.3 is 0 Å². The van der Waals surface area contributed by atoms with Crippen molar-refractivity contribution in [1.82, 2.24) is 29.9 Å². The minimum Gasteiger partial charge on any atom is -0.313 e. The summed E-state index contributed by atoms with van der Waals surface area (Å²) in [6.07, 6.45) is 6.33. The summed E-state index contributed by atoms with van der Waals surface area (Å²) < 4.78 is 3.77. The SMILES string of the molecule is CNC(Cc1ncnn1C(C)C)c1cnn(C)c1. The van der Waals surface area contributed by atoms with E-state index < -0.39 is 0 Å². The minimum atomic E-state index is 0.209. The van der Waals surface area contributed by atoms with Crippen molar-refractivity contribution in [2.45, 2.75) is 32.4 Å². The summed E-state index contributed by atoms with van der Waals surface area (Å²) in [6.45, 7) is 4.22. The maximum atomic E-state index is 4.34. The van der Waals surface area contributed by atoms with Gasteiger partial charge in [-0.15, -0.1) is 0 Å². The van der Waals surface area contributed by atoms with Gasteiger partial charge < -0.3 is 5.32 Å². The van der Waals surface area contributed by atoms with Gasteiger partial charge in [-0.3, -0.25) is 4.68 Å². The van der Waals surface area contributed by atoms with Crippen molar-refractivity contribution in [3.05, 3.63) is 30.1 Å². The first-order valence-electron chi connectivity index (χ1n) is 6.16. The smallest absolute Gasteiger partial charge is 0.138 e. The van der Waals surface area contributed by atoms with Gasteiger partial charge in [0.15, 0.2) is 0 Å². The largest absolute Gasteiger partial charge is 0.313 e. The van der Waals surface area contributed by atoms with E-state index in [1.54, 1.807) is 6.33 Å². The van der Waals surface area contributed by atoms with Crippen molar-refractivity contribution in [2.24, 2.45) is 7.05 Å². The Hall–Kier alpha value is -1.69. The molecule has 0 aromatic carbocycles. The molecule has 18 heavy (non-hydrogen) atoms. The fraction of sp³-hybridized carbons (Fsp3) is 0.583. The van der Waals surface area contributed by atoms with Gasteiger partial charge in [-0.05, 0) is 20.9 Å². The Kier molecular flexibility index (Phi) is 3.76. The van der Waals surface area contributed by atoms with Crippen molar-refractivity contribution in [3.8, 4) is 0 Å². The van der Waals surface area contributed by atoms with E-state index in [0.29, 0.717) is 6.04 Å². The molecule has 0 saturated heterocycles. The molecule has 2 aromatic rings. The first-order valence-corrected chi connectivity index (χ1v) is 6.16. The number of hydrogen-bond acceptors (Lipinski definition) is 4. The molecule has 0 saturated carbocycles. The molecule has 1 N–H and O–H groups in total. The molecule has 0 aliphatic carbocycles. The Bertz CT molecular complexity index is 498. The third kappa shape index (κ3) is 2.59. The van der Waals surface area contributed by atoms with Crippen LogP contribution in [0.1, 0.15) is 37.3 Å². The number of rotatable bonds is 5. The quantitative estimate of drug-likeness (QED) is 0.860. The maximum absolute atomic E-state index is 4.34. The molecule has 98 valence electrons. The molecule has 2 aromatic heterocycles. The molecule has 0 radical (unpaired) electrons. The van der Waals surface area contributed by atoms with Gasteiger partial charge in [0.2, 0.25) is 0 Å². The van der Waals surface area contributed by atoms with Crippen molar-refractivity contribution >= 4 is 0 Å². The molecule has 1 unspecified atom stereocenters. The molecule has 0 aliphatic heterocycles. The molecule has 0 aliphatic rings. The third-order valence-corrected chi connectivity index (χ3v) is 3.00. The second kappa shape index (κ2) is 5.30. The van der Waals surface area contributed by atoms with Gasteiger partial charge in [-0.25, -0.2) is 9.67 Å². The Morgan fingerprint density at radius 3 is 2.67 bits per heavy atom. The minimum absolute atomic E-state index is 0.209. The van der Waals surface area contributed by atoms with Crippen molar-refractivity contribution < 1.29 is 0 Å². The average Bonchev–Trinajstić information content (AvgIpc) is 2.94. The third-order valence-electron chi connectivity index (χ3n) is 3.00. The number of nitrogens with zero attached hydrogens (tertiary/aromatic N) is 5. The molecular weight excluding hydrogens is 228 g/mol. The predicted octanol–water partition coefficient (Wildman–Crippen LogP) is 1.10. The van der Waals surface area contributed by atoms with Gasteiger partial charge in [-0.1, -0.05) is 0 Å². The standard InChI is InChI=1S/C12H20N6/c1-9(2)18-12(14-8-16-18)5-11(13-3)10-6-15-17(4)7-10/h6-9,11,13H,5H2,1-4H3. The van der Waals surface area contributed by atoms with Crippen LogP contribution in [0.5, 0.6) is 0 Å². The molecule has 1 atom stereocenters. The van der Waals surface area contributed by atoms with Crippen LogP contribution < -0.4 is 5.32 Å². The first kappa shape index (κ1) is 12.8. The summed E-state index contributed by atoms with van der Waals surface area (Å²) in [5.41, 5.74) is 1.17. The van der Waals surface area contributed by atoms with E-state index in [9.17, 15) is 0 Å². The van der Waals surface area contributed by atoms with Gasteiger partial charge in [0.25, 0.3) is 0 Å². The average molecular weight is 248 g/mol. The molecule has 0 amide bonds. The molecule has 2 rings (SSSR count). The van der Waals surface area contributed by atoms with E-state index in [-0.39, 0.29) is 6.04 Å². The van der Waals surface area contributed by atoms with Gasteiger partial charge in [0.1, 0.15) is 12.2 Å². The second-order valence-corrected chi connectivity index (χ2v) is 4.71. The number of nitrogens with one attached hydrogen (secondary N) is 1. The Morgan fingerprint density at radius 1 is 1.33 bits per heavy atom. The van der Waals surface area contributed by atoms with E-state index >= 15 is 0 Å². The Morgan fingerprint density at radius 2 is 2.11 bits per heavy atom. The topological polar surface area (TPSA) is 60.6 Å². The van der Waals surface area contributed by atoms with Gasteiger partial charge in [-0.2, -0.15) is 10.2 Å². The summed E-state index contributed by atoms with van der Waals surface area (Å²) >= 11 is 0. The first-order chi connectivity index (χ1) is 8.61. The zero-order chi connectivity index (χ0) is 13.1. The molecule has 0 bridgehead atoms. The van der Waals surface area contributed by atoms with Crippen LogP contribution in [0.2, 0.25) is 0 Å². The summed E-state index contributed by atoms with van der Waals surface area (Å²) in [5, 5.41) is 11.8. The van der Waals surface area contributed by atoms with Crippen LogP contribution in [0.25, 0.3) is 0 Å². The molecular formula is C12H20N6. The Balaban J connectivity index is 2.18. The van der Waals surface area contributed by atoms with E-state index in [1.807, 2.05) is 35.9 Å². The second-order valence-electron chi connectivity index (χ2n) is 4.71. The molecule has 0 spiro atoms. The highest BCUT2D eigenvalue weighted by atomic mass is 15.3. The maximum Gasteiger partial charge on any atom is 0.138 e. The molecule has 2 heterocycles. The van der Waals surface area contributed by atoms with E-state index in [1.165, 1.54) is 5.56 Å². The van der Waals surface area contributed by atoms with Gasteiger partial charge in [0.05, 0.1) is 6.20 Å². The highest BCUT2D eigenvalue weighted by Crippen LogP contribution is 2.17. The van der Waals surface area contributed by atoms with Crippen LogP contribution in [-0.4, -0.2) is 31.6 Å². The Labute approximate surface area is 107 Å². The number of aryl methyl sites for hydroxylation is 1. The van der Waals surface area contributed by atoms with E-state index in [4.69, 9.17) is 0 Å². The number of hydrogen-bond donors (Lipinski definition) is 1. The highest BCUT2D eigenvalue weighted by molar-refractivity contribution is 5.12. The molecule has 6 heteroatoms. The predicted molar refractivity (Wildman–Crippen MR) is 69.1 cm³/mol.